The van der Waals surface area contributed by atoms with Gasteiger partial charge in [0.25, 0.3) is 0 Å². The van der Waals surface area contributed by atoms with Crippen LogP contribution in [0.2, 0.25) is 0 Å². The van der Waals surface area contributed by atoms with Gasteiger partial charge in [0.15, 0.2) is 0 Å². The lowest BCUT2D eigenvalue weighted by Crippen LogP contribution is -2.29. The van der Waals surface area contributed by atoms with E-state index >= 15 is 0 Å². The smallest absolute Gasteiger partial charge is 0.104 e. The first-order chi connectivity index (χ1) is 8.63. The largest absolute Gasteiger partial charge is 0.394 e. The van der Waals surface area contributed by atoms with Crippen molar-refractivity contribution in [1.82, 2.24) is 0 Å². The second kappa shape index (κ2) is 11.8. The van der Waals surface area contributed by atoms with E-state index < -0.39 is 18.3 Å². The van der Waals surface area contributed by atoms with Gasteiger partial charge in [-0.05, 0) is 6.42 Å². The number of aliphatic hydroxyl groups is 4. The Morgan fingerprint density at radius 2 is 1.61 bits per heavy atom. The van der Waals surface area contributed by atoms with Gasteiger partial charge in [0, 0.05) is 13.7 Å². The first-order valence-electron chi connectivity index (χ1n) is 5.90. The molecule has 7 nitrogen and oxygen atoms in total. The molecule has 0 heterocycles. The second-order valence-corrected chi connectivity index (χ2v) is 3.95. The van der Waals surface area contributed by atoms with E-state index in [1.807, 2.05) is 0 Å². The van der Waals surface area contributed by atoms with Crippen LogP contribution in [-0.4, -0.2) is 85.5 Å². The average molecular weight is 268 g/mol. The van der Waals surface area contributed by atoms with Gasteiger partial charge in [-0.15, -0.1) is 0 Å². The van der Waals surface area contributed by atoms with Gasteiger partial charge in [0.1, 0.15) is 12.2 Å². The van der Waals surface area contributed by atoms with E-state index in [1.54, 1.807) is 0 Å². The van der Waals surface area contributed by atoms with Gasteiger partial charge in [0.2, 0.25) is 0 Å². The van der Waals surface area contributed by atoms with Crippen LogP contribution in [0.25, 0.3) is 0 Å². The Kier molecular flexibility index (Phi) is 11.6. The molecule has 0 aromatic carbocycles. The van der Waals surface area contributed by atoms with Crippen LogP contribution in [0, 0.1) is 0 Å². The lowest BCUT2D eigenvalue weighted by molar-refractivity contribution is -0.0743. The molecule has 0 fully saturated rings. The molecule has 0 radical (unpaired) electrons. The van der Waals surface area contributed by atoms with Gasteiger partial charge in [-0.1, -0.05) is 0 Å². The fraction of sp³-hybridized carbons (Fsp3) is 1.00. The fourth-order valence-electron chi connectivity index (χ4n) is 1.17. The van der Waals surface area contributed by atoms with Gasteiger partial charge >= 0.3 is 0 Å². The van der Waals surface area contributed by atoms with E-state index in [-0.39, 0.29) is 33.0 Å². The van der Waals surface area contributed by atoms with Crippen molar-refractivity contribution in [1.29, 1.82) is 0 Å². The zero-order chi connectivity index (χ0) is 13.8. The normalized spacial score (nSPS) is 15.0. The maximum Gasteiger partial charge on any atom is 0.104 e. The van der Waals surface area contributed by atoms with E-state index in [9.17, 15) is 10.2 Å². The predicted octanol–water partition coefficient (Wildman–Crippen LogP) is -1.87. The Morgan fingerprint density at radius 3 is 2.17 bits per heavy atom. The van der Waals surface area contributed by atoms with Crippen molar-refractivity contribution in [2.24, 2.45) is 0 Å². The molecule has 0 aliphatic carbocycles. The lowest BCUT2D eigenvalue weighted by atomic mass is 10.3. The van der Waals surface area contributed by atoms with E-state index in [0.29, 0.717) is 13.0 Å². The van der Waals surface area contributed by atoms with Crippen LogP contribution in [-0.2, 0) is 14.2 Å². The van der Waals surface area contributed by atoms with Crippen LogP contribution in [0.5, 0.6) is 0 Å². The lowest BCUT2D eigenvalue weighted by Gasteiger charge is -2.16. The van der Waals surface area contributed by atoms with Crippen molar-refractivity contribution in [2.75, 3.05) is 46.8 Å². The molecule has 0 aromatic heterocycles. The van der Waals surface area contributed by atoms with Crippen LogP contribution in [0.1, 0.15) is 6.42 Å². The molecule has 0 saturated heterocycles. The van der Waals surface area contributed by atoms with Gasteiger partial charge in [-0.3, -0.25) is 0 Å². The molecular formula is C11H24O7. The van der Waals surface area contributed by atoms with Gasteiger partial charge in [-0.2, -0.15) is 0 Å². The van der Waals surface area contributed by atoms with Crippen LogP contribution in [0.15, 0.2) is 0 Å². The molecule has 0 aliphatic heterocycles. The van der Waals surface area contributed by atoms with Crippen molar-refractivity contribution in [2.45, 2.75) is 24.7 Å². The Hall–Kier alpha value is -0.280. The standard InChI is InChI=1S/C11H24O7/c1-16-6-9(14)2-3-17-7-10(15)8-18-11(4-12)5-13/h9-15H,2-8H2,1H3. The third kappa shape index (κ3) is 9.72. The molecule has 0 aliphatic rings. The number of aliphatic hydroxyl groups excluding tert-OH is 4. The van der Waals surface area contributed by atoms with Crippen LogP contribution < -0.4 is 0 Å². The Labute approximate surface area is 107 Å². The number of rotatable bonds is 12. The van der Waals surface area contributed by atoms with Gasteiger partial charge in [0.05, 0.1) is 39.1 Å². The molecule has 0 rings (SSSR count). The first kappa shape index (κ1) is 17.7. The summed E-state index contributed by atoms with van der Waals surface area (Å²) in [5, 5.41) is 36.2. The molecule has 0 amide bonds. The molecule has 0 saturated carbocycles. The summed E-state index contributed by atoms with van der Waals surface area (Å²) in [7, 11) is 1.50. The fourth-order valence-corrected chi connectivity index (χ4v) is 1.17. The van der Waals surface area contributed by atoms with Gasteiger partial charge < -0.3 is 34.6 Å². The maximum atomic E-state index is 9.46. The predicted molar refractivity (Wildman–Crippen MR) is 63.2 cm³/mol. The summed E-state index contributed by atoms with van der Waals surface area (Å²) in [6.07, 6.45) is -1.65. The molecular weight excluding hydrogens is 244 g/mol. The van der Waals surface area contributed by atoms with E-state index in [4.69, 9.17) is 24.4 Å². The summed E-state index contributed by atoms with van der Waals surface area (Å²) in [5.74, 6) is 0. The Bertz CT molecular complexity index is 175. The number of hydrogen-bond acceptors (Lipinski definition) is 7. The van der Waals surface area contributed by atoms with Crippen molar-refractivity contribution < 1.29 is 34.6 Å². The minimum Gasteiger partial charge on any atom is -0.394 e. The Morgan fingerprint density at radius 1 is 0.944 bits per heavy atom. The molecule has 0 spiro atoms. The van der Waals surface area contributed by atoms with E-state index in [1.165, 1.54) is 7.11 Å². The minimum atomic E-state index is -0.829. The van der Waals surface area contributed by atoms with Crippen molar-refractivity contribution in [3.8, 4) is 0 Å². The maximum absolute atomic E-state index is 9.46. The first-order valence-corrected chi connectivity index (χ1v) is 5.90. The van der Waals surface area contributed by atoms with E-state index in [0.717, 1.165) is 0 Å². The highest BCUT2D eigenvalue weighted by Crippen LogP contribution is 1.97. The molecule has 2 unspecified atom stereocenters. The van der Waals surface area contributed by atoms with Crippen LogP contribution in [0.4, 0.5) is 0 Å². The third-order valence-corrected chi connectivity index (χ3v) is 2.20. The number of hydrogen-bond donors (Lipinski definition) is 4. The van der Waals surface area contributed by atoms with Crippen molar-refractivity contribution >= 4 is 0 Å². The zero-order valence-electron chi connectivity index (χ0n) is 10.7. The molecule has 110 valence electrons. The molecule has 0 bridgehead atoms. The van der Waals surface area contributed by atoms with Crippen molar-refractivity contribution in [3.63, 3.8) is 0 Å². The van der Waals surface area contributed by atoms with Crippen molar-refractivity contribution in [3.05, 3.63) is 0 Å². The highest BCUT2D eigenvalue weighted by molar-refractivity contribution is 4.58. The molecule has 18 heavy (non-hydrogen) atoms. The summed E-state index contributed by atoms with van der Waals surface area (Å²) < 4.78 is 14.9. The number of methoxy groups -OCH3 is 1. The highest BCUT2D eigenvalue weighted by Gasteiger charge is 2.11. The monoisotopic (exact) mass is 268 g/mol. The third-order valence-electron chi connectivity index (χ3n) is 2.20. The quantitative estimate of drug-likeness (QED) is 0.307. The SMILES string of the molecule is COCC(O)CCOCC(O)COC(CO)CO. The zero-order valence-corrected chi connectivity index (χ0v) is 10.7. The minimum absolute atomic E-state index is 0.0214. The second-order valence-electron chi connectivity index (χ2n) is 3.95. The Balaban J connectivity index is 3.44. The molecule has 2 atom stereocenters. The average Bonchev–Trinajstić information content (AvgIpc) is 2.36. The van der Waals surface area contributed by atoms with E-state index in [2.05, 4.69) is 0 Å². The molecule has 4 N–H and O–H groups in total. The topological polar surface area (TPSA) is 109 Å². The summed E-state index contributed by atoms with van der Waals surface area (Å²) in [4.78, 5) is 0. The number of ether oxygens (including phenoxy) is 3. The highest BCUT2D eigenvalue weighted by atomic mass is 16.5. The molecule has 0 aromatic rings. The van der Waals surface area contributed by atoms with Gasteiger partial charge in [-0.25, -0.2) is 0 Å². The van der Waals surface area contributed by atoms with Crippen LogP contribution in [0.3, 0.4) is 0 Å². The molecule has 7 heteroatoms. The summed E-state index contributed by atoms with van der Waals surface area (Å²) >= 11 is 0. The summed E-state index contributed by atoms with van der Waals surface area (Å²) in [5.41, 5.74) is 0. The summed E-state index contributed by atoms with van der Waals surface area (Å²) in [6.45, 7) is 0.0188. The van der Waals surface area contributed by atoms with Crippen LogP contribution >= 0.6 is 0 Å². The summed E-state index contributed by atoms with van der Waals surface area (Å²) in [6, 6.07) is 0.